The Kier molecular flexibility index (Phi) is 5.57. The molecular formula is C16H11Cl3N2OS2. The van der Waals surface area contributed by atoms with E-state index in [1.54, 1.807) is 24.3 Å². The summed E-state index contributed by atoms with van der Waals surface area (Å²) in [6.07, 6.45) is 0. The number of nitrogens with zero attached hydrogens (tertiary/aromatic N) is 1. The fraction of sp³-hybridized carbons (Fsp3) is 0.125. The first kappa shape index (κ1) is 17.8. The summed E-state index contributed by atoms with van der Waals surface area (Å²) < 4.78 is 0.0887. The molecule has 1 unspecified atom stereocenters. The number of thioether (sulfide) groups is 1. The Morgan fingerprint density at radius 3 is 2.42 bits per heavy atom. The molecule has 0 saturated carbocycles. The number of para-hydroxylation sites is 1. The summed E-state index contributed by atoms with van der Waals surface area (Å²) in [5.74, 6) is -0.305. The molecule has 3 nitrogen and oxygen atoms in total. The van der Waals surface area contributed by atoms with Crippen LogP contribution in [0.3, 0.4) is 0 Å². The molecule has 0 aliphatic rings. The first-order chi connectivity index (χ1) is 11.4. The number of aromatic nitrogens is 1. The van der Waals surface area contributed by atoms with Crippen LogP contribution in [0.1, 0.15) is 10.4 Å². The lowest BCUT2D eigenvalue weighted by Crippen LogP contribution is -2.41. The second kappa shape index (κ2) is 7.50. The Morgan fingerprint density at radius 2 is 1.75 bits per heavy atom. The third kappa shape index (κ3) is 4.35. The first-order valence-electron chi connectivity index (χ1n) is 6.88. The molecule has 1 aromatic heterocycles. The number of carbonyl (C=O) groups is 1. The van der Waals surface area contributed by atoms with Crippen LogP contribution in [0.15, 0.2) is 58.9 Å². The van der Waals surface area contributed by atoms with Crippen LogP contribution in [0.5, 0.6) is 0 Å². The zero-order valence-electron chi connectivity index (χ0n) is 12.1. The summed E-state index contributed by atoms with van der Waals surface area (Å²) in [5, 5.41) is 1.99. The van der Waals surface area contributed by atoms with E-state index < -0.39 is 9.17 Å². The average molecular weight is 418 g/mol. The molecule has 0 spiro atoms. The largest absolute Gasteiger partial charge is 0.336 e. The monoisotopic (exact) mass is 416 g/mol. The molecule has 2 aromatic carbocycles. The SMILES string of the molecule is O=C(NC(Sc1nc2ccccc2s1)C(Cl)(Cl)Cl)c1ccccc1. The zero-order valence-corrected chi connectivity index (χ0v) is 16.0. The van der Waals surface area contributed by atoms with Gasteiger partial charge in [-0.15, -0.1) is 11.3 Å². The second-order valence-electron chi connectivity index (χ2n) is 4.83. The van der Waals surface area contributed by atoms with E-state index in [4.69, 9.17) is 34.8 Å². The second-order valence-corrected chi connectivity index (χ2v) is 9.58. The lowest BCUT2D eigenvalue weighted by Gasteiger charge is -2.24. The van der Waals surface area contributed by atoms with Crippen molar-refractivity contribution in [3.05, 3.63) is 60.2 Å². The molecule has 3 aromatic rings. The average Bonchev–Trinajstić information content (AvgIpc) is 2.96. The number of rotatable bonds is 4. The topological polar surface area (TPSA) is 42.0 Å². The fourth-order valence-corrected chi connectivity index (χ4v) is 4.64. The maximum absolute atomic E-state index is 12.3. The normalized spacial score (nSPS) is 13.0. The lowest BCUT2D eigenvalue weighted by molar-refractivity contribution is 0.0950. The summed E-state index contributed by atoms with van der Waals surface area (Å²) in [7, 11) is 0. The quantitative estimate of drug-likeness (QED) is 0.345. The third-order valence-corrected chi connectivity index (χ3v) is 6.50. The van der Waals surface area contributed by atoms with E-state index in [1.165, 1.54) is 23.1 Å². The third-order valence-electron chi connectivity index (χ3n) is 3.09. The van der Waals surface area contributed by atoms with Gasteiger partial charge in [0, 0.05) is 5.56 Å². The van der Waals surface area contributed by atoms with Gasteiger partial charge in [-0.3, -0.25) is 4.79 Å². The summed E-state index contributed by atoms with van der Waals surface area (Å²) in [5.41, 5.74) is 1.38. The van der Waals surface area contributed by atoms with Crippen LogP contribution in [-0.4, -0.2) is 20.1 Å². The number of thiazole rings is 1. The molecule has 0 saturated heterocycles. The van der Waals surface area contributed by atoms with Crippen molar-refractivity contribution < 1.29 is 4.79 Å². The number of benzene rings is 2. The predicted octanol–water partition coefficient (Wildman–Crippen LogP) is 5.51. The number of hydrogen-bond donors (Lipinski definition) is 1. The van der Waals surface area contributed by atoms with Crippen molar-refractivity contribution in [1.29, 1.82) is 0 Å². The van der Waals surface area contributed by atoms with Gasteiger partial charge in [-0.1, -0.05) is 76.9 Å². The minimum atomic E-state index is -1.67. The van der Waals surface area contributed by atoms with Crippen LogP contribution in [0, 0.1) is 0 Å². The zero-order chi connectivity index (χ0) is 17.2. The Labute approximate surface area is 162 Å². The van der Waals surface area contributed by atoms with E-state index in [0.717, 1.165) is 14.6 Å². The van der Waals surface area contributed by atoms with Gasteiger partial charge in [0.2, 0.25) is 3.79 Å². The van der Waals surface area contributed by atoms with Gasteiger partial charge in [0.05, 0.1) is 10.2 Å². The first-order valence-corrected chi connectivity index (χ1v) is 9.71. The van der Waals surface area contributed by atoms with Crippen molar-refractivity contribution in [1.82, 2.24) is 10.3 Å². The minimum Gasteiger partial charge on any atom is -0.336 e. The van der Waals surface area contributed by atoms with Gasteiger partial charge in [0.25, 0.3) is 5.91 Å². The highest BCUT2D eigenvalue weighted by Gasteiger charge is 2.36. The Bertz CT molecular complexity index is 816. The molecule has 1 N–H and O–H groups in total. The minimum absolute atomic E-state index is 0.305. The number of hydrogen-bond acceptors (Lipinski definition) is 4. The number of amides is 1. The smallest absolute Gasteiger partial charge is 0.252 e. The fourth-order valence-electron chi connectivity index (χ4n) is 1.97. The van der Waals surface area contributed by atoms with E-state index in [0.29, 0.717) is 5.56 Å². The highest BCUT2D eigenvalue weighted by molar-refractivity contribution is 8.02. The van der Waals surface area contributed by atoms with E-state index in [9.17, 15) is 4.79 Å². The number of halogens is 3. The summed E-state index contributed by atoms with van der Waals surface area (Å²) in [4.78, 5) is 16.8. The molecule has 1 atom stereocenters. The van der Waals surface area contributed by atoms with E-state index in [-0.39, 0.29) is 5.91 Å². The van der Waals surface area contributed by atoms with Gasteiger partial charge in [0.1, 0.15) is 5.37 Å². The maximum atomic E-state index is 12.3. The van der Waals surface area contributed by atoms with Crippen LogP contribution < -0.4 is 5.32 Å². The van der Waals surface area contributed by atoms with Crippen molar-refractivity contribution in [2.45, 2.75) is 13.5 Å². The van der Waals surface area contributed by atoms with Crippen molar-refractivity contribution in [3.8, 4) is 0 Å². The summed E-state index contributed by atoms with van der Waals surface area (Å²) >= 11 is 20.9. The number of carbonyl (C=O) groups excluding carboxylic acids is 1. The lowest BCUT2D eigenvalue weighted by atomic mass is 10.2. The van der Waals surface area contributed by atoms with E-state index in [1.807, 2.05) is 30.3 Å². The Hall–Kier alpha value is -0.980. The van der Waals surface area contributed by atoms with Crippen LogP contribution >= 0.6 is 57.9 Å². The molecular weight excluding hydrogens is 407 g/mol. The molecule has 0 fully saturated rings. The Morgan fingerprint density at radius 1 is 1.08 bits per heavy atom. The van der Waals surface area contributed by atoms with Crippen molar-refractivity contribution >= 4 is 74.0 Å². The molecule has 8 heteroatoms. The van der Waals surface area contributed by atoms with Crippen molar-refractivity contribution in [2.75, 3.05) is 0 Å². The molecule has 0 aliphatic carbocycles. The highest BCUT2D eigenvalue weighted by atomic mass is 35.6. The summed E-state index contributed by atoms with van der Waals surface area (Å²) in [6, 6.07) is 16.5. The van der Waals surface area contributed by atoms with Gasteiger partial charge >= 0.3 is 0 Å². The standard InChI is InChI=1S/C16H11Cl3N2OS2/c17-16(18,19)14(21-13(22)10-6-2-1-3-7-10)24-15-20-11-8-4-5-9-12(11)23-15/h1-9,14H,(H,21,22). The molecule has 1 amide bonds. The van der Waals surface area contributed by atoms with Crippen LogP contribution in [0.2, 0.25) is 0 Å². The maximum Gasteiger partial charge on any atom is 0.252 e. The van der Waals surface area contributed by atoms with Gasteiger partial charge in [0.15, 0.2) is 4.34 Å². The number of fused-ring (bicyclic) bond motifs is 1. The van der Waals surface area contributed by atoms with Crippen LogP contribution in [0.25, 0.3) is 10.2 Å². The number of alkyl halides is 3. The molecule has 0 aliphatic heterocycles. The van der Waals surface area contributed by atoms with Crippen LogP contribution in [-0.2, 0) is 0 Å². The van der Waals surface area contributed by atoms with Gasteiger partial charge in [-0.25, -0.2) is 4.98 Å². The highest BCUT2D eigenvalue weighted by Crippen LogP contribution is 2.41. The molecule has 0 bridgehead atoms. The van der Waals surface area contributed by atoms with E-state index in [2.05, 4.69) is 10.3 Å². The van der Waals surface area contributed by atoms with E-state index >= 15 is 0 Å². The molecule has 0 radical (unpaired) electrons. The Balaban J connectivity index is 1.80. The summed E-state index contributed by atoms with van der Waals surface area (Å²) in [6.45, 7) is 0. The molecule has 24 heavy (non-hydrogen) atoms. The predicted molar refractivity (Wildman–Crippen MR) is 103 cm³/mol. The van der Waals surface area contributed by atoms with Gasteiger partial charge < -0.3 is 5.32 Å². The van der Waals surface area contributed by atoms with Gasteiger partial charge in [-0.2, -0.15) is 0 Å². The van der Waals surface area contributed by atoms with Crippen LogP contribution in [0.4, 0.5) is 0 Å². The van der Waals surface area contributed by atoms with Gasteiger partial charge in [-0.05, 0) is 24.3 Å². The number of nitrogens with one attached hydrogen (secondary N) is 1. The molecule has 1 heterocycles. The molecule has 3 rings (SSSR count). The van der Waals surface area contributed by atoms with Crippen molar-refractivity contribution in [2.24, 2.45) is 0 Å². The molecule has 124 valence electrons. The van der Waals surface area contributed by atoms with Crippen molar-refractivity contribution in [3.63, 3.8) is 0 Å².